The fourth-order valence-electron chi connectivity index (χ4n) is 3.86. The van der Waals surface area contributed by atoms with Gasteiger partial charge in [0.15, 0.2) is 0 Å². The molecular formula is C20H25Cl2N7O. The van der Waals surface area contributed by atoms with Gasteiger partial charge in [0.2, 0.25) is 5.95 Å². The van der Waals surface area contributed by atoms with Gasteiger partial charge in [0.1, 0.15) is 11.4 Å². The highest BCUT2D eigenvalue weighted by molar-refractivity contribution is 5.85. The maximum Gasteiger partial charge on any atom is 0.245 e. The second-order valence-electron chi connectivity index (χ2n) is 7.59. The summed E-state index contributed by atoms with van der Waals surface area (Å²) in [4.78, 5) is 6.67. The SMILES string of the molecule is Cl.Cl.Oc1cc(-c2cn[nH]c2)ccc1-c1cnc(N2CC[C@@H](NC3CCC3)C2)nn1. The highest BCUT2D eigenvalue weighted by atomic mass is 35.5. The number of H-pyrrole nitrogens is 1. The van der Waals surface area contributed by atoms with Crippen LogP contribution in [0.3, 0.4) is 0 Å². The molecule has 2 aliphatic rings. The molecule has 1 aliphatic carbocycles. The van der Waals surface area contributed by atoms with E-state index in [2.05, 4.69) is 35.6 Å². The van der Waals surface area contributed by atoms with Crippen molar-refractivity contribution in [3.05, 3.63) is 36.8 Å². The van der Waals surface area contributed by atoms with Gasteiger partial charge in [-0.1, -0.05) is 12.5 Å². The number of aromatic hydroxyl groups is 1. The van der Waals surface area contributed by atoms with Gasteiger partial charge in [-0.25, -0.2) is 4.98 Å². The monoisotopic (exact) mass is 449 g/mol. The molecule has 10 heteroatoms. The molecule has 30 heavy (non-hydrogen) atoms. The summed E-state index contributed by atoms with van der Waals surface area (Å²) in [6.07, 6.45) is 10.2. The van der Waals surface area contributed by atoms with Gasteiger partial charge in [-0.3, -0.25) is 5.10 Å². The molecule has 1 saturated heterocycles. The number of phenolic OH excluding ortho intramolecular Hbond substituents is 1. The molecule has 0 amide bonds. The number of halogens is 2. The zero-order chi connectivity index (χ0) is 18.9. The molecule has 3 aromatic rings. The Balaban J connectivity index is 0.00000128. The number of nitrogens with zero attached hydrogens (tertiary/aromatic N) is 5. The second-order valence-corrected chi connectivity index (χ2v) is 7.59. The van der Waals surface area contributed by atoms with Crippen LogP contribution in [-0.4, -0.2) is 55.7 Å². The van der Waals surface area contributed by atoms with Crippen molar-refractivity contribution in [2.75, 3.05) is 18.0 Å². The van der Waals surface area contributed by atoms with Crippen LogP contribution in [0.4, 0.5) is 5.95 Å². The van der Waals surface area contributed by atoms with E-state index in [1.54, 1.807) is 24.7 Å². The molecule has 3 N–H and O–H groups in total. The Bertz CT molecular complexity index is 948. The predicted octanol–water partition coefficient (Wildman–Crippen LogP) is 3.20. The van der Waals surface area contributed by atoms with Gasteiger partial charge in [-0.05, 0) is 37.0 Å². The number of aromatic nitrogens is 5. The lowest BCUT2D eigenvalue weighted by atomic mass is 9.92. The standard InChI is InChI=1S/C20H23N7O.2ClH/c28-19-8-13(14-9-22-23-10-14)4-5-17(19)18-11-21-20(26-25-18)27-7-6-16(12-27)24-15-2-1-3-15;;/h4-5,8-11,15-16,24,28H,1-3,6-7,12H2,(H,22,23);2*1H/t16-;;/m1../s1. The number of hydrogen-bond acceptors (Lipinski definition) is 7. The Labute approximate surface area is 187 Å². The van der Waals surface area contributed by atoms with E-state index >= 15 is 0 Å². The minimum atomic E-state index is 0. The number of hydrogen-bond donors (Lipinski definition) is 3. The fraction of sp³-hybridized carbons (Fsp3) is 0.400. The van der Waals surface area contributed by atoms with Crippen LogP contribution in [0.2, 0.25) is 0 Å². The van der Waals surface area contributed by atoms with Crippen LogP contribution in [0, 0.1) is 0 Å². The van der Waals surface area contributed by atoms with Crippen LogP contribution >= 0.6 is 24.8 Å². The lowest BCUT2D eigenvalue weighted by molar-refractivity contribution is 0.311. The Morgan fingerprint density at radius 2 is 1.90 bits per heavy atom. The third kappa shape index (κ3) is 4.50. The van der Waals surface area contributed by atoms with Crippen molar-refractivity contribution in [3.63, 3.8) is 0 Å². The van der Waals surface area contributed by atoms with E-state index in [-0.39, 0.29) is 30.6 Å². The van der Waals surface area contributed by atoms with Gasteiger partial charge in [0.25, 0.3) is 0 Å². The normalized spacial score (nSPS) is 18.4. The molecule has 1 aromatic carbocycles. The first kappa shape index (κ1) is 22.3. The summed E-state index contributed by atoms with van der Waals surface area (Å²) in [5.41, 5.74) is 2.98. The minimum Gasteiger partial charge on any atom is -0.507 e. The van der Waals surface area contributed by atoms with Gasteiger partial charge in [0.05, 0.1) is 12.4 Å². The Hall–Kier alpha value is -2.42. The maximum atomic E-state index is 10.4. The zero-order valence-corrected chi connectivity index (χ0v) is 18.0. The van der Waals surface area contributed by atoms with Gasteiger partial charge in [-0.15, -0.1) is 35.0 Å². The van der Waals surface area contributed by atoms with Crippen LogP contribution in [0.25, 0.3) is 22.4 Å². The number of benzene rings is 1. The van der Waals surface area contributed by atoms with E-state index in [1.807, 2.05) is 12.1 Å². The van der Waals surface area contributed by atoms with Crippen LogP contribution in [0.1, 0.15) is 25.7 Å². The van der Waals surface area contributed by atoms with Crippen LogP contribution < -0.4 is 10.2 Å². The molecule has 2 fully saturated rings. The largest absolute Gasteiger partial charge is 0.507 e. The molecule has 0 spiro atoms. The molecule has 0 unspecified atom stereocenters. The van der Waals surface area contributed by atoms with E-state index in [9.17, 15) is 5.11 Å². The van der Waals surface area contributed by atoms with E-state index in [0.29, 0.717) is 29.3 Å². The maximum absolute atomic E-state index is 10.4. The summed E-state index contributed by atoms with van der Waals surface area (Å²) in [7, 11) is 0. The first-order valence-electron chi connectivity index (χ1n) is 9.79. The molecule has 8 nitrogen and oxygen atoms in total. The number of phenols is 1. The molecule has 160 valence electrons. The number of rotatable bonds is 5. The van der Waals surface area contributed by atoms with Gasteiger partial charge >= 0.3 is 0 Å². The van der Waals surface area contributed by atoms with E-state index < -0.39 is 0 Å². The van der Waals surface area contributed by atoms with Crippen molar-refractivity contribution in [1.29, 1.82) is 0 Å². The summed E-state index contributed by atoms with van der Waals surface area (Å²) in [5.74, 6) is 0.796. The van der Waals surface area contributed by atoms with Crippen molar-refractivity contribution in [2.24, 2.45) is 0 Å². The summed E-state index contributed by atoms with van der Waals surface area (Å²) in [5, 5.41) is 29.5. The van der Waals surface area contributed by atoms with Gasteiger partial charge in [0, 0.05) is 42.5 Å². The van der Waals surface area contributed by atoms with Crippen LogP contribution in [-0.2, 0) is 0 Å². The fourth-order valence-corrected chi connectivity index (χ4v) is 3.86. The van der Waals surface area contributed by atoms with E-state index in [4.69, 9.17) is 0 Å². The summed E-state index contributed by atoms with van der Waals surface area (Å²) >= 11 is 0. The second kappa shape index (κ2) is 9.59. The first-order chi connectivity index (χ1) is 13.8. The Morgan fingerprint density at radius 1 is 1.03 bits per heavy atom. The Kier molecular flexibility index (Phi) is 7.12. The van der Waals surface area contributed by atoms with E-state index in [1.165, 1.54) is 19.3 Å². The summed E-state index contributed by atoms with van der Waals surface area (Å²) < 4.78 is 0. The van der Waals surface area contributed by atoms with Crippen molar-refractivity contribution in [2.45, 2.75) is 37.8 Å². The zero-order valence-electron chi connectivity index (χ0n) is 16.4. The third-order valence-electron chi connectivity index (χ3n) is 5.70. The molecule has 2 aromatic heterocycles. The van der Waals surface area contributed by atoms with Gasteiger partial charge in [-0.2, -0.15) is 5.10 Å². The lowest BCUT2D eigenvalue weighted by Gasteiger charge is -2.29. The minimum absolute atomic E-state index is 0. The molecule has 1 atom stereocenters. The third-order valence-corrected chi connectivity index (χ3v) is 5.70. The van der Waals surface area contributed by atoms with Crippen LogP contribution in [0.5, 0.6) is 5.75 Å². The molecule has 1 aliphatic heterocycles. The quantitative estimate of drug-likeness (QED) is 0.549. The van der Waals surface area contributed by atoms with Crippen molar-refractivity contribution >= 4 is 30.8 Å². The highest BCUT2D eigenvalue weighted by Gasteiger charge is 2.28. The first-order valence-corrected chi connectivity index (χ1v) is 9.79. The highest BCUT2D eigenvalue weighted by Crippen LogP contribution is 2.32. The smallest absolute Gasteiger partial charge is 0.245 e. The van der Waals surface area contributed by atoms with Crippen molar-refractivity contribution < 1.29 is 5.11 Å². The van der Waals surface area contributed by atoms with E-state index in [0.717, 1.165) is 30.6 Å². The van der Waals surface area contributed by atoms with Crippen molar-refractivity contribution in [3.8, 4) is 28.1 Å². The van der Waals surface area contributed by atoms with Gasteiger partial charge < -0.3 is 15.3 Å². The predicted molar refractivity (Wildman–Crippen MR) is 120 cm³/mol. The summed E-state index contributed by atoms with van der Waals surface area (Å²) in [6, 6.07) is 6.66. The average molecular weight is 450 g/mol. The molecule has 1 saturated carbocycles. The van der Waals surface area contributed by atoms with Crippen molar-refractivity contribution in [1.82, 2.24) is 30.7 Å². The lowest BCUT2D eigenvalue weighted by Crippen LogP contribution is -2.43. The molecule has 0 bridgehead atoms. The topological polar surface area (TPSA) is 103 Å². The molecular weight excluding hydrogens is 425 g/mol. The molecule has 5 rings (SSSR count). The number of aromatic amines is 1. The number of nitrogens with one attached hydrogen (secondary N) is 2. The van der Waals surface area contributed by atoms with Crippen LogP contribution in [0.15, 0.2) is 36.8 Å². The molecule has 3 heterocycles. The number of anilines is 1. The molecule has 0 radical (unpaired) electrons. The summed E-state index contributed by atoms with van der Waals surface area (Å²) in [6.45, 7) is 1.86. The average Bonchev–Trinajstić information content (AvgIpc) is 3.37. The Morgan fingerprint density at radius 3 is 2.53 bits per heavy atom.